The molecule has 4 heteroatoms. The number of rotatable bonds is 1. The van der Waals surface area contributed by atoms with Gasteiger partial charge in [-0.3, -0.25) is 0 Å². The van der Waals surface area contributed by atoms with Gasteiger partial charge in [-0.2, -0.15) is 0 Å². The molecule has 0 spiro atoms. The summed E-state index contributed by atoms with van der Waals surface area (Å²) in [4.78, 5) is 8.53. The minimum Gasteiger partial charge on any atom is -0.340 e. The van der Waals surface area contributed by atoms with Crippen molar-refractivity contribution < 1.29 is 0 Å². The van der Waals surface area contributed by atoms with E-state index in [1.165, 1.54) is 0 Å². The van der Waals surface area contributed by atoms with Gasteiger partial charge in [0, 0.05) is 26.0 Å². The number of aryl methyl sites for hydroxylation is 2. The summed E-state index contributed by atoms with van der Waals surface area (Å²) in [6.45, 7) is 2.04. The van der Waals surface area contributed by atoms with Gasteiger partial charge in [-0.25, -0.2) is 9.97 Å². The molecule has 0 unspecified atom stereocenters. The minimum absolute atomic E-state index is 0.931. The van der Waals surface area contributed by atoms with Gasteiger partial charge in [0.1, 0.15) is 11.4 Å². The lowest BCUT2D eigenvalue weighted by Gasteiger charge is -1.95. The Balaban J connectivity index is 2.52. The fourth-order valence-electron chi connectivity index (χ4n) is 1.28. The lowest BCUT2D eigenvalue weighted by molar-refractivity contribution is 0.874. The average Bonchev–Trinajstić information content (AvgIpc) is 2.62. The molecule has 0 atom stereocenters. The molecule has 68 valence electrons. The molecule has 0 N–H and O–H groups in total. The predicted molar refractivity (Wildman–Crippen MR) is 50.1 cm³/mol. The van der Waals surface area contributed by atoms with Crippen LogP contribution in [0.5, 0.6) is 0 Å². The molecule has 0 saturated carbocycles. The fraction of sp³-hybridized carbons (Fsp3) is 0.333. The van der Waals surface area contributed by atoms with E-state index in [0.717, 1.165) is 17.1 Å². The van der Waals surface area contributed by atoms with E-state index in [4.69, 9.17) is 0 Å². The zero-order valence-electron chi connectivity index (χ0n) is 8.02. The molecule has 0 fully saturated rings. The molecule has 0 aromatic carbocycles. The second-order valence-corrected chi connectivity index (χ2v) is 3.21. The third-order valence-electron chi connectivity index (χ3n) is 2.18. The standard InChI is InChI=1S/C9H12N4/c1-7-9(11-6-13(7)3)8-4-12(2)5-10-8/h4-6H,1-3H3. The van der Waals surface area contributed by atoms with Crippen LogP contribution >= 0.6 is 0 Å². The highest BCUT2D eigenvalue weighted by molar-refractivity contribution is 5.55. The number of hydrogen-bond donors (Lipinski definition) is 0. The fourth-order valence-corrected chi connectivity index (χ4v) is 1.28. The summed E-state index contributed by atoms with van der Waals surface area (Å²) in [6, 6.07) is 0. The van der Waals surface area contributed by atoms with Crippen molar-refractivity contribution in [3.05, 3.63) is 24.5 Å². The van der Waals surface area contributed by atoms with Crippen LogP contribution in [0.4, 0.5) is 0 Å². The zero-order chi connectivity index (χ0) is 9.42. The van der Waals surface area contributed by atoms with Crippen molar-refractivity contribution in [3.8, 4) is 11.4 Å². The van der Waals surface area contributed by atoms with E-state index < -0.39 is 0 Å². The van der Waals surface area contributed by atoms with Crippen LogP contribution in [0, 0.1) is 6.92 Å². The molecule has 2 heterocycles. The largest absolute Gasteiger partial charge is 0.340 e. The molecule has 13 heavy (non-hydrogen) atoms. The molecular weight excluding hydrogens is 164 g/mol. The first-order valence-electron chi connectivity index (χ1n) is 4.14. The molecule has 4 nitrogen and oxygen atoms in total. The molecular formula is C9H12N4. The summed E-state index contributed by atoms with van der Waals surface area (Å²) < 4.78 is 3.91. The predicted octanol–water partition coefficient (Wildman–Crippen LogP) is 1.13. The van der Waals surface area contributed by atoms with E-state index in [2.05, 4.69) is 9.97 Å². The maximum Gasteiger partial charge on any atom is 0.111 e. The van der Waals surface area contributed by atoms with Gasteiger partial charge >= 0.3 is 0 Å². The second-order valence-electron chi connectivity index (χ2n) is 3.21. The molecule has 0 amide bonds. The Bertz CT molecular complexity index is 425. The summed E-state index contributed by atoms with van der Waals surface area (Å²) in [5.41, 5.74) is 3.03. The summed E-state index contributed by atoms with van der Waals surface area (Å²) in [6.07, 6.45) is 5.55. The Kier molecular flexibility index (Phi) is 1.69. The van der Waals surface area contributed by atoms with Crippen LogP contribution in [-0.4, -0.2) is 19.1 Å². The van der Waals surface area contributed by atoms with Crippen LogP contribution in [0.3, 0.4) is 0 Å². The number of hydrogen-bond acceptors (Lipinski definition) is 2. The Morgan fingerprint density at radius 1 is 1.15 bits per heavy atom. The van der Waals surface area contributed by atoms with Gasteiger partial charge in [0.15, 0.2) is 0 Å². The van der Waals surface area contributed by atoms with Crippen LogP contribution < -0.4 is 0 Å². The van der Waals surface area contributed by atoms with Crippen molar-refractivity contribution in [3.63, 3.8) is 0 Å². The van der Waals surface area contributed by atoms with Crippen LogP contribution in [0.15, 0.2) is 18.9 Å². The zero-order valence-corrected chi connectivity index (χ0v) is 8.02. The Hall–Kier alpha value is -1.58. The quantitative estimate of drug-likeness (QED) is 0.653. The van der Waals surface area contributed by atoms with E-state index >= 15 is 0 Å². The first-order chi connectivity index (χ1) is 6.18. The second kappa shape index (κ2) is 2.73. The van der Waals surface area contributed by atoms with Crippen molar-refractivity contribution >= 4 is 0 Å². The first-order valence-corrected chi connectivity index (χ1v) is 4.14. The normalized spacial score (nSPS) is 10.7. The van der Waals surface area contributed by atoms with Gasteiger partial charge in [0.05, 0.1) is 12.7 Å². The molecule has 0 aliphatic heterocycles. The Labute approximate surface area is 76.9 Å². The number of imidazole rings is 2. The summed E-state index contributed by atoms with van der Waals surface area (Å²) in [5.74, 6) is 0. The van der Waals surface area contributed by atoms with Crippen LogP contribution in [0.25, 0.3) is 11.4 Å². The molecule has 0 radical (unpaired) electrons. The minimum atomic E-state index is 0.931. The first kappa shape index (κ1) is 8.04. The van der Waals surface area contributed by atoms with Crippen molar-refractivity contribution in [2.75, 3.05) is 0 Å². The van der Waals surface area contributed by atoms with Crippen LogP contribution in [-0.2, 0) is 14.1 Å². The van der Waals surface area contributed by atoms with Crippen molar-refractivity contribution in [2.24, 2.45) is 14.1 Å². The SMILES string of the molecule is Cc1c(-c2cn(C)cn2)ncn1C. The summed E-state index contributed by atoms with van der Waals surface area (Å²) in [5, 5.41) is 0. The van der Waals surface area contributed by atoms with E-state index in [0.29, 0.717) is 0 Å². The third kappa shape index (κ3) is 1.24. The van der Waals surface area contributed by atoms with Gasteiger partial charge < -0.3 is 9.13 Å². The molecule has 2 aromatic rings. The van der Waals surface area contributed by atoms with E-state index in [-0.39, 0.29) is 0 Å². The lowest BCUT2D eigenvalue weighted by atomic mass is 10.3. The Morgan fingerprint density at radius 2 is 1.92 bits per heavy atom. The monoisotopic (exact) mass is 176 g/mol. The van der Waals surface area contributed by atoms with Gasteiger partial charge in [0.2, 0.25) is 0 Å². The maximum atomic E-state index is 4.29. The molecule has 0 saturated heterocycles. The van der Waals surface area contributed by atoms with Gasteiger partial charge in [-0.1, -0.05) is 0 Å². The smallest absolute Gasteiger partial charge is 0.111 e. The van der Waals surface area contributed by atoms with E-state index in [9.17, 15) is 0 Å². The Morgan fingerprint density at radius 3 is 2.38 bits per heavy atom. The van der Waals surface area contributed by atoms with E-state index in [1.807, 2.05) is 36.4 Å². The maximum absolute atomic E-state index is 4.29. The topological polar surface area (TPSA) is 35.6 Å². The van der Waals surface area contributed by atoms with Crippen molar-refractivity contribution in [2.45, 2.75) is 6.92 Å². The molecule has 2 rings (SSSR count). The van der Waals surface area contributed by atoms with Crippen LogP contribution in [0.2, 0.25) is 0 Å². The lowest BCUT2D eigenvalue weighted by Crippen LogP contribution is -1.88. The van der Waals surface area contributed by atoms with Gasteiger partial charge in [0.25, 0.3) is 0 Å². The molecule has 0 aliphatic rings. The molecule has 0 bridgehead atoms. The van der Waals surface area contributed by atoms with Crippen LogP contribution in [0.1, 0.15) is 5.69 Å². The average molecular weight is 176 g/mol. The van der Waals surface area contributed by atoms with Gasteiger partial charge in [-0.05, 0) is 6.92 Å². The summed E-state index contributed by atoms with van der Waals surface area (Å²) >= 11 is 0. The molecule has 0 aliphatic carbocycles. The van der Waals surface area contributed by atoms with E-state index in [1.54, 1.807) is 12.7 Å². The highest BCUT2D eigenvalue weighted by Gasteiger charge is 2.08. The number of nitrogens with zero attached hydrogens (tertiary/aromatic N) is 4. The third-order valence-corrected chi connectivity index (χ3v) is 2.18. The van der Waals surface area contributed by atoms with Crippen molar-refractivity contribution in [1.29, 1.82) is 0 Å². The number of aromatic nitrogens is 4. The summed E-state index contributed by atoms with van der Waals surface area (Å²) in [7, 11) is 3.93. The van der Waals surface area contributed by atoms with Gasteiger partial charge in [-0.15, -0.1) is 0 Å². The highest BCUT2D eigenvalue weighted by Crippen LogP contribution is 2.17. The highest BCUT2D eigenvalue weighted by atomic mass is 15.1. The molecule has 2 aromatic heterocycles. The van der Waals surface area contributed by atoms with Crippen molar-refractivity contribution in [1.82, 2.24) is 19.1 Å².